The van der Waals surface area contributed by atoms with Crippen LogP contribution in [0.3, 0.4) is 0 Å². The number of hydrogen-bond acceptors (Lipinski definition) is 14. The van der Waals surface area contributed by atoms with Gasteiger partial charge in [-0.05, 0) is 135 Å². The zero-order chi connectivity index (χ0) is 51.1. The van der Waals surface area contributed by atoms with Crippen molar-refractivity contribution in [2.75, 3.05) is 99.8 Å². The minimum Gasteiger partial charge on any atom is -0.494 e. The zero-order valence-corrected chi connectivity index (χ0v) is 44.5. The van der Waals surface area contributed by atoms with Gasteiger partial charge in [-0.3, -0.25) is 24.6 Å². The molecule has 3 aromatic carbocycles. The van der Waals surface area contributed by atoms with Crippen LogP contribution in [0, 0.1) is 17.6 Å². The number of carbonyl (C=O) groups is 2. The number of piperazine rings is 1. The van der Waals surface area contributed by atoms with Gasteiger partial charge >= 0.3 is 0 Å². The first-order valence-corrected chi connectivity index (χ1v) is 29.2. The van der Waals surface area contributed by atoms with Crippen LogP contribution in [-0.2, 0) is 20.6 Å². The quantitative estimate of drug-likeness (QED) is 0.0676. The van der Waals surface area contributed by atoms with Crippen LogP contribution >= 0.6 is 23.1 Å². The highest BCUT2D eigenvalue weighted by molar-refractivity contribution is 9.10. The molecular formula is C53H65BrF2N11O5P. The van der Waals surface area contributed by atoms with E-state index in [1.807, 2.05) is 4.90 Å². The summed E-state index contributed by atoms with van der Waals surface area (Å²) in [7, 11) is -1.24. The van der Waals surface area contributed by atoms with E-state index in [4.69, 9.17) is 9.72 Å². The summed E-state index contributed by atoms with van der Waals surface area (Å²) < 4.78 is 52.4. The summed E-state index contributed by atoms with van der Waals surface area (Å²) in [6, 6.07) is 11.2. The Morgan fingerprint density at radius 1 is 0.822 bits per heavy atom. The fraction of sp³-hybridized carbons (Fsp3) is 0.509. The summed E-state index contributed by atoms with van der Waals surface area (Å²) in [6.07, 6.45) is 11.4. The SMILES string of the molecule is CCc1cc(Nc2ncc(Br)c(Nc3ccc4c(=O)n(C5CC5)ncc4c3P(C)(C)=O)n2)c(OC)cc1N1CCC(N2CCN(CCC3CCN(c4cc(F)c([C@H]5CCC(=O)NC5=O)c(F)c4)CC3)CC2)CC1. The standard InChI is InChI=1S/C53H65BrF2N11O5P/c1-5-33-26-44(60-53-57-31-40(54)50(62-53)59-43-10-8-37-39(49(43)73(3,4)71)30-58-67(52(37)70)35-6-7-35)46(72-2)29-45(33)66-20-15-34(16-21-66)65-24-22-63(23-25-65)17-12-32-13-18-64(19-14-32)36-27-41(55)48(42(56)28-36)38-9-11-47(68)61-51(38)69/h8,10,26-32,34-35,38H,5-7,9,11-25H2,1-4H3,(H,61,68,69)(H2,57,59,60,62)/t38-/m1/s1. The van der Waals surface area contributed by atoms with Gasteiger partial charge in [0.15, 0.2) is 0 Å². The topological polar surface area (TPSA) is 170 Å². The molecule has 5 aliphatic rings. The Labute approximate surface area is 433 Å². The second kappa shape index (κ2) is 21.4. The van der Waals surface area contributed by atoms with Gasteiger partial charge < -0.3 is 34.6 Å². The first-order chi connectivity index (χ1) is 35.1. The third-order valence-electron chi connectivity index (χ3n) is 15.6. The summed E-state index contributed by atoms with van der Waals surface area (Å²) in [5, 5.41) is 15.1. The molecule has 73 heavy (non-hydrogen) atoms. The number of methoxy groups -OCH3 is 1. The Balaban J connectivity index is 0.709. The van der Waals surface area contributed by atoms with Crippen LogP contribution in [-0.4, -0.2) is 127 Å². The zero-order valence-electron chi connectivity index (χ0n) is 42.1. The Bertz CT molecular complexity index is 3000. The van der Waals surface area contributed by atoms with Crippen LogP contribution in [0.2, 0.25) is 0 Å². The maximum absolute atomic E-state index is 15.2. The predicted octanol–water partition coefficient (Wildman–Crippen LogP) is 8.28. The normalized spacial score (nSPS) is 19.9. The lowest BCUT2D eigenvalue weighted by molar-refractivity contribution is -0.134. The number of halogens is 3. The van der Waals surface area contributed by atoms with Gasteiger partial charge in [0.05, 0.1) is 46.5 Å². The molecule has 20 heteroatoms. The molecule has 2 aromatic heterocycles. The average molecular weight is 1090 g/mol. The number of fused-ring (bicyclic) bond motifs is 1. The number of imide groups is 1. The van der Waals surface area contributed by atoms with E-state index in [0.29, 0.717) is 61.4 Å². The second-order valence-electron chi connectivity index (χ2n) is 20.7. The minimum absolute atomic E-state index is 0.0673. The van der Waals surface area contributed by atoms with Crippen LogP contribution in [0.1, 0.15) is 87.8 Å². The molecule has 5 aromatic rings. The summed E-state index contributed by atoms with van der Waals surface area (Å²) in [4.78, 5) is 56.5. The highest BCUT2D eigenvalue weighted by Gasteiger charge is 2.35. The number of rotatable bonds is 15. The minimum atomic E-state index is -2.91. The van der Waals surface area contributed by atoms with Gasteiger partial charge in [0.2, 0.25) is 17.8 Å². The van der Waals surface area contributed by atoms with E-state index in [9.17, 15) is 18.9 Å². The van der Waals surface area contributed by atoms with Gasteiger partial charge in [0.25, 0.3) is 5.56 Å². The van der Waals surface area contributed by atoms with E-state index < -0.39 is 36.5 Å². The smallest absolute Gasteiger partial charge is 0.274 e. The number of benzene rings is 3. The number of ether oxygens (including phenoxy) is 1. The molecular weight excluding hydrogens is 1020 g/mol. The first kappa shape index (κ1) is 51.0. The van der Waals surface area contributed by atoms with Gasteiger partial charge in [0.1, 0.15) is 30.3 Å². The maximum Gasteiger partial charge on any atom is 0.274 e. The van der Waals surface area contributed by atoms with E-state index in [2.05, 4.69) is 75.7 Å². The van der Waals surface area contributed by atoms with Crippen molar-refractivity contribution in [2.45, 2.75) is 89.1 Å². The molecule has 0 unspecified atom stereocenters. The van der Waals surface area contributed by atoms with Gasteiger partial charge in [-0.15, -0.1) is 0 Å². The number of nitrogens with zero attached hydrogens (tertiary/aromatic N) is 8. The van der Waals surface area contributed by atoms with Crippen molar-refractivity contribution in [1.82, 2.24) is 34.9 Å². The molecule has 0 radical (unpaired) electrons. The van der Waals surface area contributed by atoms with E-state index in [1.54, 1.807) is 49.6 Å². The second-order valence-corrected chi connectivity index (χ2v) is 24.7. The number of hydrogen-bond donors (Lipinski definition) is 3. The summed E-state index contributed by atoms with van der Waals surface area (Å²) >= 11 is 3.61. The van der Waals surface area contributed by atoms with Crippen LogP contribution in [0.15, 0.2) is 58.1 Å². The maximum atomic E-state index is 15.2. The molecule has 0 bridgehead atoms. The molecule has 3 N–H and O–H groups in total. The molecule has 1 saturated carbocycles. The number of nitrogens with one attached hydrogen (secondary N) is 3. The number of carbonyl (C=O) groups excluding carboxylic acids is 2. The van der Waals surface area contributed by atoms with Crippen LogP contribution in [0.4, 0.5) is 43.3 Å². The van der Waals surface area contributed by atoms with Gasteiger partial charge in [-0.2, -0.15) is 10.1 Å². The highest BCUT2D eigenvalue weighted by atomic mass is 79.9. The molecule has 16 nitrogen and oxygen atoms in total. The molecule has 1 atom stereocenters. The molecule has 1 aliphatic carbocycles. The Morgan fingerprint density at radius 3 is 2.19 bits per heavy atom. The monoisotopic (exact) mass is 1080 g/mol. The van der Waals surface area contributed by atoms with Crippen molar-refractivity contribution in [3.63, 3.8) is 0 Å². The van der Waals surface area contributed by atoms with Crippen molar-refractivity contribution in [3.8, 4) is 5.75 Å². The summed E-state index contributed by atoms with van der Waals surface area (Å²) in [5.74, 6) is -1.47. The predicted molar refractivity (Wildman–Crippen MR) is 286 cm³/mol. The van der Waals surface area contributed by atoms with Crippen molar-refractivity contribution in [3.05, 3.63) is 86.4 Å². The highest BCUT2D eigenvalue weighted by Crippen LogP contribution is 2.43. The Hall–Kier alpha value is -5.49. The summed E-state index contributed by atoms with van der Waals surface area (Å²) in [6.45, 7) is 14.2. The van der Waals surface area contributed by atoms with E-state index in [1.165, 1.54) is 23.4 Å². The molecule has 4 aliphatic heterocycles. The lowest BCUT2D eigenvalue weighted by Gasteiger charge is -2.44. The van der Waals surface area contributed by atoms with Crippen LogP contribution < -0.4 is 41.4 Å². The molecule has 0 spiro atoms. The lowest BCUT2D eigenvalue weighted by atomic mass is 9.89. The molecule has 5 fully saturated rings. The number of piperidine rings is 3. The number of aromatic nitrogens is 4. The molecule has 6 heterocycles. The molecule has 2 amide bonds. The van der Waals surface area contributed by atoms with Crippen LogP contribution in [0.5, 0.6) is 5.75 Å². The molecule has 10 rings (SSSR count). The fourth-order valence-electron chi connectivity index (χ4n) is 11.4. The third-order valence-corrected chi connectivity index (χ3v) is 17.8. The number of anilines is 6. The van der Waals surface area contributed by atoms with Gasteiger partial charge in [-0.25, -0.2) is 18.4 Å². The Morgan fingerprint density at radius 2 is 1.53 bits per heavy atom. The van der Waals surface area contributed by atoms with Crippen LogP contribution in [0.25, 0.3) is 10.8 Å². The van der Waals surface area contributed by atoms with Crippen molar-refractivity contribution >= 4 is 85.5 Å². The molecule has 388 valence electrons. The number of amides is 2. The van der Waals surface area contributed by atoms with Crippen molar-refractivity contribution in [1.29, 1.82) is 0 Å². The lowest BCUT2D eigenvalue weighted by Crippen LogP contribution is -2.53. The average Bonchev–Trinajstić information content (AvgIpc) is 4.23. The fourth-order valence-corrected chi connectivity index (χ4v) is 13.2. The Kier molecular flexibility index (Phi) is 15.0. The summed E-state index contributed by atoms with van der Waals surface area (Å²) in [5.41, 5.74) is 3.77. The molecule has 4 saturated heterocycles. The van der Waals surface area contributed by atoms with E-state index >= 15 is 8.78 Å². The first-order valence-electron chi connectivity index (χ1n) is 25.8. The number of aryl methyl sites for hydroxylation is 1. The van der Waals surface area contributed by atoms with E-state index in [0.717, 1.165) is 116 Å². The van der Waals surface area contributed by atoms with E-state index in [-0.39, 0.29) is 30.0 Å². The largest absolute Gasteiger partial charge is 0.494 e. The third kappa shape index (κ3) is 11.0. The van der Waals surface area contributed by atoms with Crippen molar-refractivity contribution in [2.24, 2.45) is 5.92 Å². The van der Waals surface area contributed by atoms with Gasteiger partial charge in [0, 0.05) is 105 Å². The van der Waals surface area contributed by atoms with Gasteiger partial charge in [-0.1, -0.05) is 6.92 Å². The van der Waals surface area contributed by atoms with Crippen molar-refractivity contribution < 1.29 is 27.7 Å².